The van der Waals surface area contributed by atoms with Crippen LogP contribution in [0, 0.1) is 0 Å². The molecule has 2 rings (SSSR count). The van der Waals surface area contributed by atoms with Gasteiger partial charge in [-0.1, -0.05) is 25.1 Å². The lowest BCUT2D eigenvalue weighted by Crippen LogP contribution is -2.25. The molecule has 0 aliphatic rings. The van der Waals surface area contributed by atoms with Crippen LogP contribution in [0.1, 0.15) is 35.2 Å². The molecule has 0 heterocycles. The molecule has 2 aromatic rings. The van der Waals surface area contributed by atoms with E-state index in [1.807, 2.05) is 24.3 Å². The summed E-state index contributed by atoms with van der Waals surface area (Å²) in [7, 11) is 1.63. The Balaban J connectivity index is 1.84. The first kappa shape index (κ1) is 19.3. The van der Waals surface area contributed by atoms with E-state index in [1.54, 1.807) is 25.3 Å². The van der Waals surface area contributed by atoms with Crippen LogP contribution in [-0.2, 0) is 4.79 Å². The summed E-state index contributed by atoms with van der Waals surface area (Å²) in [4.78, 5) is 22.8. The van der Waals surface area contributed by atoms with Gasteiger partial charge in [-0.2, -0.15) is 0 Å². The molecule has 1 atom stereocenters. The molecule has 0 aliphatic carbocycles. The van der Waals surface area contributed by atoms with E-state index in [2.05, 4.69) is 12.2 Å². The van der Waals surface area contributed by atoms with Crippen molar-refractivity contribution >= 4 is 11.9 Å². The first-order valence-electron chi connectivity index (χ1n) is 8.36. The van der Waals surface area contributed by atoms with Gasteiger partial charge in [-0.05, 0) is 48.2 Å². The summed E-state index contributed by atoms with van der Waals surface area (Å²) >= 11 is 0. The van der Waals surface area contributed by atoms with E-state index < -0.39 is 12.6 Å². The van der Waals surface area contributed by atoms with Crippen molar-refractivity contribution in [3.8, 4) is 11.5 Å². The quantitative estimate of drug-likeness (QED) is 0.720. The van der Waals surface area contributed by atoms with Crippen LogP contribution in [0.5, 0.6) is 11.5 Å². The Morgan fingerprint density at radius 2 is 1.85 bits per heavy atom. The average molecular weight is 357 g/mol. The largest absolute Gasteiger partial charge is 0.497 e. The smallest absolute Gasteiger partial charge is 0.341 e. The van der Waals surface area contributed by atoms with Crippen LogP contribution in [-0.4, -0.2) is 37.2 Å². The van der Waals surface area contributed by atoms with Crippen molar-refractivity contribution in [1.82, 2.24) is 5.32 Å². The number of hydrogen-bond donors (Lipinski definition) is 2. The van der Waals surface area contributed by atoms with Crippen molar-refractivity contribution in [2.75, 3.05) is 20.3 Å². The fourth-order valence-corrected chi connectivity index (χ4v) is 2.48. The van der Waals surface area contributed by atoms with E-state index in [0.29, 0.717) is 23.8 Å². The van der Waals surface area contributed by atoms with E-state index in [1.165, 1.54) is 11.6 Å². The molecule has 1 amide bonds. The van der Waals surface area contributed by atoms with E-state index in [9.17, 15) is 9.59 Å². The van der Waals surface area contributed by atoms with Gasteiger partial charge in [-0.3, -0.25) is 4.79 Å². The van der Waals surface area contributed by atoms with Crippen LogP contribution in [0.15, 0.2) is 48.5 Å². The first-order valence-corrected chi connectivity index (χ1v) is 8.36. The van der Waals surface area contributed by atoms with Gasteiger partial charge in [0.25, 0.3) is 5.91 Å². The summed E-state index contributed by atoms with van der Waals surface area (Å²) in [6.45, 7) is 2.20. The lowest BCUT2D eigenvalue weighted by atomic mass is 9.98. The fraction of sp³-hybridized carbons (Fsp3) is 0.300. The number of amides is 1. The molecule has 1 unspecified atom stereocenters. The van der Waals surface area contributed by atoms with Crippen LogP contribution >= 0.6 is 0 Å². The molecule has 0 fully saturated rings. The van der Waals surface area contributed by atoms with E-state index >= 15 is 0 Å². The van der Waals surface area contributed by atoms with Crippen LogP contribution in [0.3, 0.4) is 0 Å². The molecule has 6 nitrogen and oxygen atoms in total. The molecule has 2 N–H and O–H groups in total. The highest BCUT2D eigenvalue weighted by atomic mass is 16.5. The number of benzene rings is 2. The molecule has 138 valence electrons. The summed E-state index contributed by atoms with van der Waals surface area (Å²) in [6, 6.07) is 14.4. The van der Waals surface area contributed by atoms with Crippen molar-refractivity contribution in [3.05, 3.63) is 59.7 Å². The molecule has 0 saturated heterocycles. The Kier molecular flexibility index (Phi) is 7.02. The van der Waals surface area contributed by atoms with Gasteiger partial charge in [0.1, 0.15) is 11.5 Å². The fourth-order valence-electron chi connectivity index (χ4n) is 2.48. The van der Waals surface area contributed by atoms with Gasteiger partial charge in [0.2, 0.25) is 0 Å². The lowest BCUT2D eigenvalue weighted by Gasteiger charge is -2.13. The molecule has 6 heteroatoms. The van der Waals surface area contributed by atoms with Gasteiger partial charge in [-0.15, -0.1) is 0 Å². The predicted molar refractivity (Wildman–Crippen MR) is 97.9 cm³/mol. The third-order valence-corrected chi connectivity index (χ3v) is 4.01. The Morgan fingerprint density at radius 1 is 1.12 bits per heavy atom. The zero-order valence-corrected chi connectivity index (χ0v) is 14.9. The van der Waals surface area contributed by atoms with Crippen molar-refractivity contribution < 1.29 is 24.2 Å². The van der Waals surface area contributed by atoms with Crippen molar-refractivity contribution in [3.63, 3.8) is 0 Å². The molecule has 0 radical (unpaired) electrons. The van der Waals surface area contributed by atoms with Crippen LogP contribution in [0.2, 0.25) is 0 Å². The van der Waals surface area contributed by atoms with E-state index in [0.717, 1.165) is 12.2 Å². The maximum atomic E-state index is 12.2. The number of carboxylic acids is 1. The highest BCUT2D eigenvalue weighted by Gasteiger charge is 2.10. The summed E-state index contributed by atoms with van der Waals surface area (Å²) < 4.78 is 10.2. The van der Waals surface area contributed by atoms with Crippen LogP contribution in [0.4, 0.5) is 0 Å². The molecular weight excluding hydrogens is 334 g/mol. The number of hydrogen-bond acceptors (Lipinski definition) is 4. The number of carbonyl (C=O) groups is 2. The highest BCUT2D eigenvalue weighted by Crippen LogP contribution is 2.21. The highest BCUT2D eigenvalue weighted by molar-refractivity contribution is 5.94. The molecular formula is C20H23NO5. The van der Waals surface area contributed by atoms with Gasteiger partial charge < -0.3 is 19.9 Å². The number of carbonyl (C=O) groups excluding carboxylic acids is 1. The Labute approximate surface area is 152 Å². The molecule has 2 aromatic carbocycles. The molecule has 0 bridgehead atoms. The first-order chi connectivity index (χ1) is 12.5. The second-order valence-electron chi connectivity index (χ2n) is 5.93. The van der Waals surface area contributed by atoms with Gasteiger partial charge in [-0.25, -0.2) is 4.79 Å². The average Bonchev–Trinajstić information content (AvgIpc) is 2.66. The maximum absolute atomic E-state index is 12.2. The Hall–Kier alpha value is -3.02. The maximum Gasteiger partial charge on any atom is 0.341 e. The third-order valence-electron chi connectivity index (χ3n) is 4.01. The lowest BCUT2D eigenvalue weighted by molar-refractivity contribution is -0.139. The molecule has 26 heavy (non-hydrogen) atoms. The normalized spacial score (nSPS) is 11.5. The van der Waals surface area contributed by atoms with Gasteiger partial charge in [0.05, 0.1) is 7.11 Å². The number of ether oxygens (including phenoxy) is 2. The van der Waals surface area contributed by atoms with Gasteiger partial charge >= 0.3 is 5.97 Å². The van der Waals surface area contributed by atoms with Crippen molar-refractivity contribution in [2.45, 2.75) is 19.3 Å². The number of nitrogens with one attached hydrogen (secondary N) is 1. The summed E-state index contributed by atoms with van der Waals surface area (Å²) in [6.07, 6.45) is 0.799. The second-order valence-corrected chi connectivity index (χ2v) is 5.93. The van der Waals surface area contributed by atoms with Gasteiger partial charge in [0, 0.05) is 12.1 Å². The Bertz CT molecular complexity index is 742. The van der Waals surface area contributed by atoms with Crippen LogP contribution < -0.4 is 14.8 Å². The minimum atomic E-state index is -1.06. The summed E-state index contributed by atoms with van der Waals surface area (Å²) in [5.41, 5.74) is 1.62. The number of carboxylic acid groups (broad SMARTS) is 1. The Morgan fingerprint density at radius 3 is 2.50 bits per heavy atom. The van der Waals surface area contributed by atoms with Gasteiger partial charge in [0.15, 0.2) is 6.61 Å². The minimum Gasteiger partial charge on any atom is -0.497 e. The zero-order valence-electron chi connectivity index (χ0n) is 14.9. The minimum absolute atomic E-state index is 0.215. The van der Waals surface area contributed by atoms with E-state index in [-0.39, 0.29) is 5.91 Å². The number of methoxy groups -OCH3 is 1. The monoisotopic (exact) mass is 357 g/mol. The molecule has 0 saturated carbocycles. The summed E-state index contributed by atoms with van der Waals surface area (Å²) in [5.74, 6) is 0.192. The number of aliphatic carboxylic acids is 1. The molecule has 0 spiro atoms. The van der Waals surface area contributed by atoms with Crippen molar-refractivity contribution in [2.24, 2.45) is 0 Å². The molecule has 0 aromatic heterocycles. The topological polar surface area (TPSA) is 84.9 Å². The third kappa shape index (κ3) is 5.81. The van der Waals surface area contributed by atoms with E-state index in [4.69, 9.17) is 14.6 Å². The summed E-state index contributed by atoms with van der Waals surface area (Å²) in [5, 5.41) is 11.5. The second kappa shape index (κ2) is 9.46. The van der Waals surface area contributed by atoms with Crippen molar-refractivity contribution in [1.29, 1.82) is 0 Å². The molecule has 0 aliphatic heterocycles. The number of rotatable bonds is 9. The SMILES string of the molecule is COc1ccc(C(C)CCNC(=O)c2cccc(OCC(=O)O)c2)cc1. The zero-order chi connectivity index (χ0) is 18.9. The predicted octanol–water partition coefficient (Wildman–Crippen LogP) is 3.08. The standard InChI is InChI=1S/C20H23NO5/c1-14(15-6-8-17(25-2)9-7-15)10-11-21-20(24)16-4-3-5-18(12-16)26-13-19(22)23/h3-9,12,14H,10-11,13H2,1-2H3,(H,21,24)(H,22,23). The van der Waals surface area contributed by atoms with Crippen LogP contribution in [0.25, 0.3) is 0 Å².